The van der Waals surface area contributed by atoms with E-state index in [1.54, 1.807) is 24.1 Å². The van der Waals surface area contributed by atoms with Gasteiger partial charge in [0.2, 0.25) is 5.91 Å². The van der Waals surface area contributed by atoms with Gasteiger partial charge in [-0.05, 0) is 50.6 Å². The Kier molecular flexibility index (Phi) is 9.34. The molecule has 10 nitrogen and oxygen atoms in total. The fourth-order valence-electron chi connectivity index (χ4n) is 5.10. The van der Waals surface area contributed by atoms with E-state index in [0.29, 0.717) is 31.8 Å². The number of amides is 1. The molecular formula is C30H35F2N7O3. The van der Waals surface area contributed by atoms with Crippen molar-refractivity contribution in [1.82, 2.24) is 19.4 Å². The highest BCUT2D eigenvalue weighted by molar-refractivity contribution is 5.90. The Labute approximate surface area is 242 Å². The second-order valence-corrected chi connectivity index (χ2v) is 10.3. The lowest BCUT2D eigenvalue weighted by Crippen LogP contribution is -2.54. The van der Waals surface area contributed by atoms with Crippen LogP contribution in [-0.4, -0.2) is 68.4 Å². The number of benzene rings is 1. The summed E-state index contributed by atoms with van der Waals surface area (Å²) < 4.78 is 31.8. The maximum atomic E-state index is 15.7. The smallest absolute Gasteiger partial charge is 0.351 e. The number of hydrogen-bond acceptors (Lipinski definition) is 8. The van der Waals surface area contributed by atoms with Crippen LogP contribution in [0.5, 0.6) is 5.75 Å². The van der Waals surface area contributed by atoms with Crippen molar-refractivity contribution < 1.29 is 18.7 Å². The molecule has 0 saturated carbocycles. The number of rotatable bonds is 9. The first-order chi connectivity index (χ1) is 20.0. The van der Waals surface area contributed by atoms with Crippen molar-refractivity contribution in [2.75, 3.05) is 24.5 Å². The molecule has 12 heteroatoms. The number of carbonyl (C=O) groups is 1. The lowest BCUT2D eigenvalue weighted by atomic mass is 10.1. The van der Waals surface area contributed by atoms with Gasteiger partial charge in [-0.2, -0.15) is 4.98 Å². The van der Waals surface area contributed by atoms with Crippen molar-refractivity contribution in [3.8, 4) is 17.0 Å². The van der Waals surface area contributed by atoms with Gasteiger partial charge in [0, 0.05) is 37.6 Å². The van der Waals surface area contributed by atoms with Crippen LogP contribution in [0.1, 0.15) is 33.6 Å². The number of nitrogens with two attached hydrogens (primary N) is 1. The maximum Gasteiger partial charge on any atom is 0.351 e. The highest BCUT2D eigenvalue weighted by Gasteiger charge is 2.30. The van der Waals surface area contributed by atoms with Crippen LogP contribution in [0.4, 0.5) is 14.6 Å². The van der Waals surface area contributed by atoms with Gasteiger partial charge in [-0.25, -0.2) is 18.6 Å². The third-order valence-electron chi connectivity index (χ3n) is 7.15. The predicted molar refractivity (Wildman–Crippen MR) is 160 cm³/mol. The van der Waals surface area contributed by atoms with Gasteiger partial charge in [-0.1, -0.05) is 26.0 Å². The quantitative estimate of drug-likeness (QED) is 0.292. The summed E-state index contributed by atoms with van der Waals surface area (Å²) >= 11 is 0. The Morgan fingerprint density at radius 3 is 2.69 bits per heavy atom. The third-order valence-corrected chi connectivity index (χ3v) is 7.15. The van der Waals surface area contributed by atoms with E-state index < -0.39 is 34.3 Å². The van der Waals surface area contributed by atoms with Gasteiger partial charge in [-0.15, -0.1) is 0 Å². The number of pyridine rings is 1. The van der Waals surface area contributed by atoms with Gasteiger partial charge in [0.1, 0.15) is 28.7 Å². The predicted octanol–water partition coefficient (Wildman–Crippen LogP) is 3.77. The monoisotopic (exact) mass is 579 g/mol. The molecule has 2 aromatic heterocycles. The normalized spacial score (nSPS) is 16.8. The average Bonchev–Trinajstić information content (AvgIpc) is 2.94. The number of nitrogens with zero attached hydrogens (tertiary/aromatic N) is 6. The summed E-state index contributed by atoms with van der Waals surface area (Å²) in [5, 5.41) is 10.6. The van der Waals surface area contributed by atoms with E-state index in [1.807, 2.05) is 18.7 Å². The summed E-state index contributed by atoms with van der Waals surface area (Å²) in [7, 11) is 0. The lowest BCUT2D eigenvalue weighted by Gasteiger charge is -2.40. The van der Waals surface area contributed by atoms with E-state index in [0.717, 1.165) is 18.6 Å². The highest BCUT2D eigenvalue weighted by atomic mass is 19.1. The molecule has 4 rings (SSSR count). The number of aromatic nitrogens is 3. The zero-order valence-electron chi connectivity index (χ0n) is 23.9. The Balaban J connectivity index is 1.92. The SMILES string of the molecule is C=CC(=O)N1CCN(c2nc(=O)n(CC(CCC)/N=C\C=C(\C)N)c3nc(-c4c(O)cccc4F)c(F)cc23)[C@@H](C)C1. The van der Waals surface area contributed by atoms with E-state index in [-0.39, 0.29) is 41.4 Å². The number of carbonyl (C=O) groups excluding carboxylic acids is 1. The second-order valence-electron chi connectivity index (χ2n) is 10.3. The van der Waals surface area contributed by atoms with Crippen LogP contribution >= 0.6 is 0 Å². The summed E-state index contributed by atoms with van der Waals surface area (Å²) in [4.78, 5) is 42.6. The summed E-state index contributed by atoms with van der Waals surface area (Å²) in [6.07, 6.45) is 5.87. The summed E-state index contributed by atoms with van der Waals surface area (Å²) in [6.45, 7) is 10.2. The molecule has 0 aliphatic carbocycles. The van der Waals surface area contributed by atoms with Crippen LogP contribution in [0.2, 0.25) is 0 Å². The molecule has 2 atom stereocenters. The fraction of sp³-hybridized carbons (Fsp3) is 0.367. The Hall–Kier alpha value is -4.61. The van der Waals surface area contributed by atoms with E-state index >= 15 is 4.39 Å². The molecule has 3 N–H and O–H groups in total. The van der Waals surface area contributed by atoms with Crippen LogP contribution in [-0.2, 0) is 11.3 Å². The minimum Gasteiger partial charge on any atom is -0.507 e. The number of piperazine rings is 1. The molecule has 3 heterocycles. The summed E-state index contributed by atoms with van der Waals surface area (Å²) in [5.41, 5.74) is 4.88. The minimum absolute atomic E-state index is 0.0719. The van der Waals surface area contributed by atoms with Gasteiger partial charge < -0.3 is 20.6 Å². The molecule has 1 aliphatic heterocycles. The number of phenols is 1. The van der Waals surface area contributed by atoms with Gasteiger partial charge in [0.15, 0.2) is 5.82 Å². The number of fused-ring (bicyclic) bond motifs is 1. The van der Waals surface area contributed by atoms with E-state index in [1.165, 1.54) is 22.8 Å². The van der Waals surface area contributed by atoms with Crippen molar-refractivity contribution in [1.29, 1.82) is 0 Å². The molecule has 1 fully saturated rings. The number of halogens is 2. The van der Waals surface area contributed by atoms with Crippen LogP contribution in [0.3, 0.4) is 0 Å². The molecular weight excluding hydrogens is 544 g/mol. The highest BCUT2D eigenvalue weighted by Crippen LogP contribution is 2.35. The van der Waals surface area contributed by atoms with Crippen molar-refractivity contribution in [2.24, 2.45) is 10.7 Å². The molecule has 1 aromatic carbocycles. The topological polar surface area (TPSA) is 130 Å². The summed E-state index contributed by atoms with van der Waals surface area (Å²) in [6, 6.07) is 4.16. The lowest BCUT2D eigenvalue weighted by molar-refractivity contribution is -0.126. The minimum atomic E-state index is -0.893. The van der Waals surface area contributed by atoms with Gasteiger partial charge in [0.05, 0.1) is 23.5 Å². The molecule has 1 unspecified atom stereocenters. The van der Waals surface area contributed by atoms with Crippen LogP contribution < -0.4 is 16.3 Å². The first-order valence-corrected chi connectivity index (χ1v) is 13.8. The first kappa shape index (κ1) is 30.4. The number of aliphatic imine (C=N–C) groups is 1. The Morgan fingerprint density at radius 1 is 1.29 bits per heavy atom. The standard InChI is InChI=1S/C30H35F2N7O3/c1-5-8-20(34-12-11-18(3)33)17-39-28-21(15-23(32)27(35-28)26-22(31)9-7-10-24(26)40)29(36-30(39)42)38-14-13-37(16-19(38)4)25(41)6-2/h6-7,9-12,15,19-20,40H,2,5,8,13-14,16-17,33H2,1,3-4H3/b18-11-,34-12-/t19-,20?/m0/s1. The van der Waals surface area contributed by atoms with Crippen molar-refractivity contribution in [2.45, 2.75) is 52.2 Å². The van der Waals surface area contributed by atoms with Crippen molar-refractivity contribution in [3.63, 3.8) is 0 Å². The molecule has 1 amide bonds. The van der Waals surface area contributed by atoms with Gasteiger partial charge in [0.25, 0.3) is 0 Å². The van der Waals surface area contributed by atoms with E-state index in [4.69, 9.17) is 5.73 Å². The number of anilines is 1. The average molecular weight is 580 g/mol. The first-order valence-electron chi connectivity index (χ1n) is 13.8. The number of hydrogen-bond donors (Lipinski definition) is 2. The Morgan fingerprint density at radius 2 is 2.05 bits per heavy atom. The zero-order chi connectivity index (χ0) is 30.6. The van der Waals surface area contributed by atoms with E-state index in [2.05, 4.69) is 21.5 Å². The molecule has 1 aliphatic rings. The molecule has 0 spiro atoms. The zero-order valence-corrected chi connectivity index (χ0v) is 23.9. The molecule has 3 aromatic rings. The van der Waals surface area contributed by atoms with Crippen LogP contribution in [0, 0.1) is 11.6 Å². The van der Waals surface area contributed by atoms with Crippen LogP contribution in [0.15, 0.2) is 58.5 Å². The van der Waals surface area contributed by atoms with E-state index in [9.17, 15) is 19.1 Å². The number of aromatic hydroxyl groups is 1. The largest absolute Gasteiger partial charge is 0.507 e. The van der Waals surface area contributed by atoms with Crippen molar-refractivity contribution >= 4 is 29.0 Å². The number of phenolic OH excluding ortho intramolecular Hbond substituents is 1. The molecule has 1 saturated heterocycles. The number of allylic oxidation sites excluding steroid dienone is 2. The molecule has 42 heavy (non-hydrogen) atoms. The Bertz CT molecular complexity index is 1590. The van der Waals surface area contributed by atoms with Crippen LogP contribution in [0.25, 0.3) is 22.3 Å². The van der Waals surface area contributed by atoms with Crippen molar-refractivity contribution in [3.05, 3.63) is 70.8 Å². The maximum absolute atomic E-state index is 15.7. The molecule has 0 radical (unpaired) electrons. The summed E-state index contributed by atoms with van der Waals surface area (Å²) in [5.74, 6) is -2.25. The molecule has 222 valence electrons. The van der Waals surface area contributed by atoms with Gasteiger partial charge in [-0.3, -0.25) is 14.4 Å². The fourth-order valence-corrected chi connectivity index (χ4v) is 5.10. The second kappa shape index (κ2) is 12.9. The third kappa shape index (κ3) is 6.32. The van der Waals surface area contributed by atoms with Gasteiger partial charge >= 0.3 is 5.69 Å². The molecule has 0 bridgehead atoms.